The molecule has 18 heavy (non-hydrogen) atoms. The molecule has 1 aromatic heterocycles. The summed E-state index contributed by atoms with van der Waals surface area (Å²) in [7, 11) is 0. The molecule has 102 valence electrons. The van der Waals surface area contributed by atoms with Gasteiger partial charge in [-0.3, -0.25) is 0 Å². The first-order chi connectivity index (χ1) is 8.69. The molecule has 0 aliphatic carbocycles. The zero-order chi connectivity index (χ0) is 13.4. The third-order valence-corrected chi connectivity index (χ3v) is 2.67. The van der Waals surface area contributed by atoms with Gasteiger partial charge in [-0.05, 0) is 18.8 Å². The third-order valence-electron chi connectivity index (χ3n) is 2.67. The smallest absolute Gasteiger partial charge is 0.134 e. The molecule has 0 aliphatic rings. The van der Waals surface area contributed by atoms with E-state index in [9.17, 15) is 0 Å². The molecule has 0 saturated carbocycles. The Morgan fingerprint density at radius 1 is 1.06 bits per heavy atom. The zero-order valence-electron chi connectivity index (χ0n) is 12.1. The summed E-state index contributed by atoms with van der Waals surface area (Å²) in [6, 6.07) is 0. The summed E-state index contributed by atoms with van der Waals surface area (Å²) in [5, 5.41) is 6.81. The van der Waals surface area contributed by atoms with Crippen LogP contribution in [0.15, 0.2) is 6.33 Å². The molecule has 0 bridgehead atoms. The van der Waals surface area contributed by atoms with Gasteiger partial charge in [-0.15, -0.1) is 0 Å². The van der Waals surface area contributed by atoms with Crippen molar-refractivity contribution in [2.24, 2.45) is 5.92 Å². The average Bonchev–Trinajstić information content (AvgIpc) is 2.36. The summed E-state index contributed by atoms with van der Waals surface area (Å²) in [6.45, 7) is 10.6. The molecule has 2 N–H and O–H groups in total. The van der Waals surface area contributed by atoms with Crippen molar-refractivity contribution in [2.45, 2.75) is 47.0 Å². The molecule has 0 fully saturated rings. The quantitative estimate of drug-likeness (QED) is 0.743. The van der Waals surface area contributed by atoms with E-state index in [4.69, 9.17) is 0 Å². The van der Waals surface area contributed by atoms with Crippen LogP contribution in [0.5, 0.6) is 0 Å². The van der Waals surface area contributed by atoms with Crippen LogP contribution < -0.4 is 10.6 Å². The van der Waals surface area contributed by atoms with Crippen LogP contribution in [-0.4, -0.2) is 23.1 Å². The van der Waals surface area contributed by atoms with E-state index in [0.717, 1.165) is 44.0 Å². The number of nitrogens with one attached hydrogen (secondary N) is 2. The summed E-state index contributed by atoms with van der Waals surface area (Å²) in [6.07, 6.45) is 4.85. The van der Waals surface area contributed by atoms with Crippen LogP contribution in [-0.2, 0) is 6.42 Å². The predicted octanol–water partition coefficient (Wildman–Crippen LogP) is 3.32. The van der Waals surface area contributed by atoms with Gasteiger partial charge in [0.15, 0.2) is 0 Å². The molecule has 0 amide bonds. The highest BCUT2D eigenvalue weighted by atomic mass is 15.1. The lowest BCUT2D eigenvalue weighted by molar-refractivity contribution is 0.685. The number of anilines is 2. The Balaban J connectivity index is 2.86. The van der Waals surface area contributed by atoms with Crippen LogP contribution in [0.4, 0.5) is 11.6 Å². The fourth-order valence-corrected chi connectivity index (χ4v) is 1.75. The molecule has 1 heterocycles. The number of hydrogen-bond donors (Lipinski definition) is 2. The van der Waals surface area contributed by atoms with E-state index in [0.29, 0.717) is 5.92 Å². The molecule has 0 spiro atoms. The maximum Gasteiger partial charge on any atom is 0.134 e. The van der Waals surface area contributed by atoms with E-state index in [1.165, 1.54) is 5.56 Å². The Hall–Kier alpha value is -1.32. The van der Waals surface area contributed by atoms with Gasteiger partial charge in [0.25, 0.3) is 0 Å². The second-order valence-corrected chi connectivity index (χ2v) is 5.00. The molecule has 4 nitrogen and oxygen atoms in total. The number of nitrogens with zero attached hydrogens (tertiary/aromatic N) is 2. The fourth-order valence-electron chi connectivity index (χ4n) is 1.75. The van der Waals surface area contributed by atoms with Crippen LogP contribution in [0.3, 0.4) is 0 Å². The highest BCUT2D eigenvalue weighted by molar-refractivity contribution is 5.57. The molecule has 1 rings (SSSR count). The van der Waals surface area contributed by atoms with Gasteiger partial charge in [-0.25, -0.2) is 9.97 Å². The van der Waals surface area contributed by atoms with Crippen LogP contribution in [0.25, 0.3) is 0 Å². The summed E-state index contributed by atoms with van der Waals surface area (Å²) in [4.78, 5) is 8.74. The molecule has 1 aromatic rings. The lowest BCUT2D eigenvalue weighted by Gasteiger charge is -2.15. The van der Waals surface area contributed by atoms with Crippen molar-refractivity contribution in [3.63, 3.8) is 0 Å². The summed E-state index contributed by atoms with van der Waals surface area (Å²) >= 11 is 0. The van der Waals surface area contributed by atoms with Gasteiger partial charge >= 0.3 is 0 Å². The zero-order valence-corrected chi connectivity index (χ0v) is 12.1. The van der Waals surface area contributed by atoms with Gasteiger partial charge in [-0.2, -0.15) is 0 Å². The van der Waals surface area contributed by atoms with Gasteiger partial charge < -0.3 is 10.6 Å². The summed E-state index contributed by atoms with van der Waals surface area (Å²) < 4.78 is 0. The van der Waals surface area contributed by atoms with Gasteiger partial charge in [0.1, 0.15) is 18.0 Å². The first-order valence-electron chi connectivity index (χ1n) is 7.00. The van der Waals surface area contributed by atoms with Gasteiger partial charge in [0.05, 0.1) is 0 Å². The SMILES string of the molecule is CCCNc1ncnc(NCC(C)C)c1CCC. The molecular formula is C14H26N4. The lowest BCUT2D eigenvalue weighted by atomic mass is 10.1. The molecule has 0 unspecified atom stereocenters. The molecule has 0 radical (unpaired) electrons. The van der Waals surface area contributed by atoms with Crippen molar-refractivity contribution in [3.05, 3.63) is 11.9 Å². The standard InChI is InChI=1S/C14H26N4/c1-5-7-12-13(15-8-6-2)17-10-18-14(12)16-9-11(3)4/h10-11H,5-9H2,1-4H3,(H2,15,16,17,18). The molecule has 0 saturated heterocycles. The summed E-state index contributed by atoms with van der Waals surface area (Å²) in [5.74, 6) is 2.58. The largest absolute Gasteiger partial charge is 0.370 e. The minimum atomic E-state index is 0.612. The maximum absolute atomic E-state index is 4.38. The highest BCUT2D eigenvalue weighted by Gasteiger charge is 2.10. The van der Waals surface area contributed by atoms with Crippen LogP contribution in [0, 0.1) is 5.92 Å². The Bertz CT molecular complexity index is 350. The van der Waals surface area contributed by atoms with Crippen molar-refractivity contribution in [2.75, 3.05) is 23.7 Å². The monoisotopic (exact) mass is 250 g/mol. The normalized spacial score (nSPS) is 10.7. The minimum Gasteiger partial charge on any atom is -0.370 e. The fraction of sp³-hybridized carbons (Fsp3) is 0.714. The van der Waals surface area contributed by atoms with E-state index in [-0.39, 0.29) is 0 Å². The van der Waals surface area contributed by atoms with Crippen LogP contribution in [0.2, 0.25) is 0 Å². The third kappa shape index (κ3) is 4.51. The van der Waals surface area contributed by atoms with Crippen molar-refractivity contribution >= 4 is 11.6 Å². The first kappa shape index (κ1) is 14.7. The van der Waals surface area contributed by atoms with E-state index in [1.54, 1.807) is 6.33 Å². The minimum absolute atomic E-state index is 0.612. The van der Waals surface area contributed by atoms with Crippen LogP contribution >= 0.6 is 0 Å². The maximum atomic E-state index is 4.38. The molecule has 4 heteroatoms. The van der Waals surface area contributed by atoms with E-state index in [1.807, 2.05) is 0 Å². The Labute approximate surface area is 111 Å². The molecule has 0 aromatic carbocycles. The first-order valence-corrected chi connectivity index (χ1v) is 7.00. The van der Waals surface area contributed by atoms with Crippen molar-refractivity contribution in [3.8, 4) is 0 Å². The van der Waals surface area contributed by atoms with Gasteiger partial charge in [-0.1, -0.05) is 34.1 Å². The Morgan fingerprint density at radius 2 is 1.72 bits per heavy atom. The highest BCUT2D eigenvalue weighted by Crippen LogP contribution is 2.21. The van der Waals surface area contributed by atoms with E-state index in [2.05, 4.69) is 48.3 Å². The number of aromatic nitrogens is 2. The van der Waals surface area contributed by atoms with Crippen molar-refractivity contribution in [1.29, 1.82) is 0 Å². The predicted molar refractivity (Wildman–Crippen MR) is 78.1 cm³/mol. The molecule has 0 atom stereocenters. The topological polar surface area (TPSA) is 49.8 Å². The molecular weight excluding hydrogens is 224 g/mol. The Kier molecular flexibility index (Phi) is 6.47. The second-order valence-electron chi connectivity index (χ2n) is 5.00. The van der Waals surface area contributed by atoms with E-state index >= 15 is 0 Å². The average molecular weight is 250 g/mol. The number of rotatable bonds is 8. The second kappa shape index (κ2) is 7.90. The lowest BCUT2D eigenvalue weighted by Crippen LogP contribution is -2.14. The van der Waals surface area contributed by atoms with E-state index < -0.39 is 0 Å². The molecule has 0 aliphatic heterocycles. The van der Waals surface area contributed by atoms with Crippen LogP contribution in [0.1, 0.15) is 46.1 Å². The van der Waals surface area contributed by atoms with Crippen molar-refractivity contribution < 1.29 is 0 Å². The number of hydrogen-bond acceptors (Lipinski definition) is 4. The van der Waals surface area contributed by atoms with Gasteiger partial charge in [0, 0.05) is 18.7 Å². The van der Waals surface area contributed by atoms with Crippen molar-refractivity contribution in [1.82, 2.24) is 9.97 Å². The van der Waals surface area contributed by atoms with Gasteiger partial charge in [0.2, 0.25) is 0 Å². The summed E-state index contributed by atoms with van der Waals surface area (Å²) in [5.41, 5.74) is 1.22. The Morgan fingerprint density at radius 3 is 2.28 bits per heavy atom.